The van der Waals surface area contributed by atoms with Crippen LogP contribution in [0.3, 0.4) is 0 Å². The van der Waals surface area contributed by atoms with E-state index >= 15 is 0 Å². The highest BCUT2D eigenvalue weighted by atomic mass is 32.1. The number of hydrogen-bond donors (Lipinski definition) is 2. The standard InChI is InChI=1S/C8H12N2S/c1-3-5-7-6(4-2)9-8(11)10-7/h3,5H,4H2,1-2H3,(H2,9,10,11)/b5-3-. The van der Waals surface area contributed by atoms with Gasteiger partial charge < -0.3 is 4.98 Å². The summed E-state index contributed by atoms with van der Waals surface area (Å²) in [7, 11) is 0. The van der Waals surface area contributed by atoms with Crippen LogP contribution in [-0.4, -0.2) is 9.97 Å². The van der Waals surface area contributed by atoms with Gasteiger partial charge in [0.05, 0.1) is 11.4 Å². The van der Waals surface area contributed by atoms with Crippen LogP contribution in [0.15, 0.2) is 11.2 Å². The molecule has 0 aliphatic carbocycles. The van der Waals surface area contributed by atoms with E-state index in [0.717, 1.165) is 17.8 Å². The van der Waals surface area contributed by atoms with Gasteiger partial charge in [0.15, 0.2) is 5.16 Å². The summed E-state index contributed by atoms with van der Waals surface area (Å²) in [6.07, 6.45) is 4.93. The van der Waals surface area contributed by atoms with Gasteiger partial charge in [-0.3, -0.25) is 0 Å². The van der Waals surface area contributed by atoms with Gasteiger partial charge in [0, 0.05) is 0 Å². The van der Waals surface area contributed by atoms with Crippen LogP contribution in [-0.2, 0) is 6.42 Å². The molecule has 11 heavy (non-hydrogen) atoms. The summed E-state index contributed by atoms with van der Waals surface area (Å²) in [5.41, 5.74) is 2.15. The second-order valence-corrected chi connectivity index (χ2v) is 2.70. The summed E-state index contributed by atoms with van der Waals surface area (Å²) in [5.74, 6) is 0. The van der Waals surface area contributed by atoms with Crippen LogP contribution in [0.4, 0.5) is 0 Å². The molecular formula is C8H12N2S. The van der Waals surface area contributed by atoms with Gasteiger partial charge in [-0.05, 0) is 19.4 Å². The molecule has 0 radical (unpaired) electrons. The molecule has 0 aliphatic heterocycles. The van der Waals surface area contributed by atoms with E-state index in [1.165, 1.54) is 0 Å². The van der Waals surface area contributed by atoms with Crippen molar-refractivity contribution < 1.29 is 0 Å². The highest BCUT2D eigenvalue weighted by molar-refractivity contribution is 7.80. The van der Waals surface area contributed by atoms with Gasteiger partial charge >= 0.3 is 0 Å². The lowest BCUT2D eigenvalue weighted by molar-refractivity contribution is 0.999. The van der Waals surface area contributed by atoms with Gasteiger partial charge in [0.1, 0.15) is 0 Å². The minimum absolute atomic E-state index is 0.690. The molecule has 1 heterocycles. The van der Waals surface area contributed by atoms with E-state index in [1.807, 2.05) is 19.1 Å². The van der Waals surface area contributed by atoms with Crippen molar-refractivity contribution in [1.82, 2.24) is 9.97 Å². The predicted octanol–water partition coefficient (Wildman–Crippen LogP) is 2.29. The highest BCUT2D eigenvalue weighted by Crippen LogP contribution is 2.10. The van der Waals surface area contributed by atoms with Crippen molar-refractivity contribution in [3.8, 4) is 0 Å². The topological polar surface area (TPSA) is 28.7 Å². The van der Waals surface area contributed by atoms with Gasteiger partial charge in [-0.2, -0.15) is 0 Å². The number of nitrogens with zero attached hydrogens (tertiary/aromatic N) is 1. The Bertz CT molecular complexity index is 263. The quantitative estimate of drug-likeness (QED) is 0.652. The molecule has 0 fully saturated rings. The maximum absolute atomic E-state index is 4.21. The third-order valence-corrected chi connectivity index (χ3v) is 1.68. The second-order valence-electron chi connectivity index (χ2n) is 2.27. The molecule has 2 nitrogen and oxygen atoms in total. The van der Waals surface area contributed by atoms with Crippen LogP contribution >= 0.6 is 12.6 Å². The maximum atomic E-state index is 4.21. The number of aryl methyl sites for hydroxylation is 1. The number of rotatable bonds is 2. The van der Waals surface area contributed by atoms with E-state index in [4.69, 9.17) is 0 Å². The Morgan fingerprint density at radius 2 is 2.36 bits per heavy atom. The summed E-state index contributed by atoms with van der Waals surface area (Å²) in [5, 5.41) is 0.690. The molecule has 0 spiro atoms. The fourth-order valence-corrected chi connectivity index (χ4v) is 1.22. The third kappa shape index (κ3) is 1.87. The fourth-order valence-electron chi connectivity index (χ4n) is 0.983. The lowest BCUT2D eigenvalue weighted by atomic mass is 10.2. The van der Waals surface area contributed by atoms with Gasteiger partial charge in [-0.1, -0.05) is 13.0 Å². The Balaban J connectivity index is 3.01. The lowest BCUT2D eigenvalue weighted by Crippen LogP contribution is -1.82. The Morgan fingerprint density at radius 1 is 1.64 bits per heavy atom. The van der Waals surface area contributed by atoms with Crippen molar-refractivity contribution in [3.05, 3.63) is 17.5 Å². The molecule has 0 amide bonds. The van der Waals surface area contributed by atoms with Gasteiger partial charge in [0.2, 0.25) is 0 Å². The Hall–Kier alpha value is -0.700. The van der Waals surface area contributed by atoms with Crippen LogP contribution in [0, 0.1) is 0 Å². The smallest absolute Gasteiger partial charge is 0.162 e. The molecule has 1 N–H and O–H groups in total. The molecule has 60 valence electrons. The number of aromatic amines is 1. The van der Waals surface area contributed by atoms with E-state index in [-0.39, 0.29) is 0 Å². The Labute approximate surface area is 72.2 Å². The summed E-state index contributed by atoms with van der Waals surface area (Å²) in [4.78, 5) is 7.27. The third-order valence-electron chi connectivity index (χ3n) is 1.47. The number of aromatic nitrogens is 2. The average molecular weight is 168 g/mol. The minimum atomic E-state index is 0.690. The van der Waals surface area contributed by atoms with Crippen molar-refractivity contribution in [1.29, 1.82) is 0 Å². The largest absolute Gasteiger partial charge is 0.333 e. The number of thiol groups is 1. The van der Waals surface area contributed by atoms with Crippen LogP contribution in [0.2, 0.25) is 0 Å². The second kappa shape index (κ2) is 3.62. The number of H-pyrrole nitrogens is 1. The SMILES string of the molecule is C/C=C\c1[nH]c(S)nc1CC. The van der Waals surface area contributed by atoms with Crippen LogP contribution in [0.1, 0.15) is 25.2 Å². The Kier molecular flexibility index (Phi) is 2.76. The van der Waals surface area contributed by atoms with Crippen LogP contribution in [0.25, 0.3) is 6.08 Å². The molecule has 3 heteroatoms. The lowest BCUT2D eigenvalue weighted by Gasteiger charge is -1.89. The Morgan fingerprint density at radius 3 is 2.91 bits per heavy atom. The van der Waals surface area contributed by atoms with Crippen molar-refractivity contribution in [2.24, 2.45) is 0 Å². The van der Waals surface area contributed by atoms with E-state index in [1.54, 1.807) is 0 Å². The van der Waals surface area contributed by atoms with Crippen LogP contribution < -0.4 is 0 Å². The monoisotopic (exact) mass is 168 g/mol. The zero-order valence-corrected chi connectivity index (χ0v) is 7.65. The molecular weight excluding hydrogens is 156 g/mol. The number of imidazole rings is 1. The summed E-state index contributed by atoms with van der Waals surface area (Å²) >= 11 is 4.12. The zero-order valence-electron chi connectivity index (χ0n) is 6.76. The molecule has 0 atom stereocenters. The van der Waals surface area contributed by atoms with E-state index in [9.17, 15) is 0 Å². The number of allylic oxidation sites excluding steroid dienone is 1. The van der Waals surface area contributed by atoms with Gasteiger partial charge in [-0.15, -0.1) is 12.6 Å². The normalized spacial score (nSPS) is 11.2. The zero-order chi connectivity index (χ0) is 8.27. The summed E-state index contributed by atoms with van der Waals surface area (Å²) in [6, 6.07) is 0. The van der Waals surface area contributed by atoms with E-state index in [2.05, 4.69) is 29.5 Å². The van der Waals surface area contributed by atoms with E-state index < -0.39 is 0 Å². The molecule has 0 aromatic carbocycles. The van der Waals surface area contributed by atoms with Crippen molar-refractivity contribution in [2.45, 2.75) is 25.4 Å². The predicted molar refractivity (Wildman–Crippen MR) is 49.9 cm³/mol. The minimum Gasteiger partial charge on any atom is -0.333 e. The number of hydrogen-bond acceptors (Lipinski definition) is 2. The molecule has 0 saturated heterocycles. The van der Waals surface area contributed by atoms with Crippen molar-refractivity contribution >= 4 is 18.7 Å². The molecule has 1 aromatic heterocycles. The van der Waals surface area contributed by atoms with Crippen molar-refractivity contribution in [3.63, 3.8) is 0 Å². The summed E-state index contributed by atoms with van der Waals surface area (Å²) < 4.78 is 0. The van der Waals surface area contributed by atoms with E-state index in [0.29, 0.717) is 5.16 Å². The first-order valence-corrected chi connectivity index (χ1v) is 4.13. The van der Waals surface area contributed by atoms with Crippen LogP contribution in [0.5, 0.6) is 0 Å². The number of nitrogens with one attached hydrogen (secondary N) is 1. The molecule has 0 saturated carbocycles. The molecule has 1 aromatic rings. The van der Waals surface area contributed by atoms with Crippen molar-refractivity contribution in [2.75, 3.05) is 0 Å². The molecule has 0 aliphatic rings. The summed E-state index contributed by atoms with van der Waals surface area (Å²) in [6.45, 7) is 4.06. The maximum Gasteiger partial charge on any atom is 0.162 e. The molecule has 1 rings (SSSR count). The average Bonchev–Trinajstić information content (AvgIpc) is 2.32. The molecule has 0 unspecified atom stereocenters. The first-order chi connectivity index (χ1) is 5.27. The van der Waals surface area contributed by atoms with Gasteiger partial charge in [0.25, 0.3) is 0 Å². The van der Waals surface area contributed by atoms with Gasteiger partial charge in [-0.25, -0.2) is 4.98 Å². The first kappa shape index (κ1) is 8.40. The first-order valence-electron chi connectivity index (χ1n) is 3.68. The molecule has 0 bridgehead atoms. The highest BCUT2D eigenvalue weighted by Gasteiger charge is 2.01. The fraction of sp³-hybridized carbons (Fsp3) is 0.375.